The van der Waals surface area contributed by atoms with Crippen molar-refractivity contribution in [2.24, 2.45) is 0 Å². The van der Waals surface area contributed by atoms with Crippen LogP contribution in [0.25, 0.3) is 10.9 Å². The molecule has 0 radical (unpaired) electrons. The maximum absolute atomic E-state index is 14.3. The summed E-state index contributed by atoms with van der Waals surface area (Å²) >= 11 is 1.62. The van der Waals surface area contributed by atoms with Gasteiger partial charge in [0.25, 0.3) is 5.56 Å². The van der Waals surface area contributed by atoms with Crippen LogP contribution in [0, 0.1) is 17.5 Å². The quantitative estimate of drug-likeness (QED) is 0.329. The highest BCUT2D eigenvalue weighted by atomic mass is 32.2. The molecule has 2 aromatic rings. The smallest absolute Gasteiger partial charge is 0.266 e. The summed E-state index contributed by atoms with van der Waals surface area (Å²) in [7, 11) is -1.32. The molecule has 0 saturated carbocycles. The Bertz CT molecular complexity index is 959. The highest BCUT2D eigenvalue weighted by molar-refractivity contribution is 7.99. The molecule has 2 heterocycles. The molecule has 166 valence electrons. The summed E-state index contributed by atoms with van der Waals surface area (Å²) in [6.07, 6.45) is 1.79. The maximum atomic E-state index is 14.3. The number of ether oxygens (including phenoxy) is 2. The van der Waals surface area contributed by atoms with E-state index in [4.69, 9.17) is 9.47 Å². The van der Waals surface area contributed by atoms with E-state index in [0.717, 1.165) is 25.0 Å². The van der Waals surface area contributed by atoms with E-state index in [-0.39, 0.29) is 12.2 Å². The fourth-order valence-electron chi connectivity index (χ4n) is 3.14. The van der Waals surface area contributed by atoms with Crippen molar-refractivity contribution in [3.05, 3.63) is 39.7 Å². The minimum absolute atomic E-state index is 0.103. The number of benzene rings is 1. The number of fused-ring (bicyclic) bond motifs is 1. The molecule has 3 rings (SSSR count). The lowest BCUT2D eigenvalue weighted by atomic mass is 10.2. The fourth-order valence-corrected chi connectivity index (χ4v) is 5.03. The van der Waals surface area contributed by atoms with E-state index >= 15 is 0 Å². The molecule has 0 N–H and O–H groups in total. The van der Waals surface area contributed by atoms with Crippen molar-refractivity contribution in [2.75, 3.05) is 19.8 Å². The van der Waals surface area contributed by atoms with Crippen LogP contribution in [0.2, 0.25) is 25.7 Å². The van der Waals surface area contributed by atoms with Crippen LogP contribution in [0.3, 0.4) is 0 Å². The van der Waals surface area contributed by atoms with Crippen LogP contribution in [-0.2, 0) is 22.0 Å². The second kappa shape index (κ2) is 9.84. The third-order valence-corrected chi connectivity index (χ3v) is 8.07. The average Bonchev–Trinajstić information content (AvgIpc) is 2.69. The van der Waals surface area contributed by atoms with Crippen LogP contribution < -0.4 is 5.56 Å². The largest absolute Gasteiger partial charge is 0.381 e. The van der Waals surface area contributed by atoms with Crippen molar-refractivity contribution < 1.29 is 22.6 Å². The predicted octanol–water partition coefficient (Wildman–Crippen LogP) is 4.54. The predicted molar refractivity (Wildman–Crippen MR) is 115 cm³/mol. The third-order valence-electron chi connectivity index (χ3n) is 4.99. The van der Waals surface area contributed by atoms with Gasteiger partial charge >= 0.3 is 0 Å². The van der Waals surface area contributed by atoms with Gasteiger partial charge in [0.2, 0.25) is 0 Å². The third kappa shape index (κ3) is 5.66. The van der Waals surface area contributed by atoms with Gasteiger partial charge in [-0.3, -0.25) is 9.36 Å². The molecule has 0 bridgehead atoms. The zero-order chi connectivity index (χ0) is 21.9. The summed E-state index contributed by atoms with van der Waals surface area (Å²) in [6, 6.07) is 1.68. The van der Waals surface area contributed by atoms with Gasteiger partial charge in [0.15, 0.2) is 17.5 Å². The van der Waals surface area contributed by atoms with Crippen molar-refractivity contribution in [1.29, 1.82) is 0 Å². The van der Waals surface area contributed by atoms with Crippen LogP contribution in [-0.4, -0.2) is 42.7 Å². The Morgan fingerprint density at radius 2 is 1.93 bits per heavy atom. The zero-order valence-electron chi connectivity index (χ0n) is 17.5. The Balaban J connectivity index is 1.91. The summed E-state index contributed by atoms with van der Waals surface area (Å²) < 4.78 is 54.1. The van der Waals surface area contributed by atoms with Gasteiger partial charge in [-0.1, -0.05) is 19.6 Å². The van der Waals surface area contributed by atoms with E-state index in [1.807, 2.05) is 0 Å². The number of thioether (sulfide) groups is 1. The first kappa shape index (κ1) is 23.3. The highest BCUT2D eigenvalue weighted by Crippen LogP contribution is 2.26. The summed E-state index contributed by atoms with van der Waals surface area (Å²) in [5.41, 5.74) is -0.940. The number of nitrogens with zero attached hydrogens (tertiary/aromatic N) is 2. The first-order valence-electron chi connectivity index (χ1n) is 10.0. The van der Waals surface area contributed by atoms with Gasteiger partial charge in [0.05, 0.1) is 11.3 Å². The van der Waals surface area contributed by atoms with E-state index in [1.54, 1.807) is 11.8 Å². The number of aromatic nitrogens is 2. The highest BCUT2D eigenvalue weighted by Gasteiger charge is 2.22. The molecular formula is C20H27F3N2O3SSi. The van der Waals surface area contributed by atoms with Crippen LogP contribution in [0.4, 0.5) is 13.2 Å². The monoisotopic (exact) mass is 460 g/mol. The summed E-state index contributed by atoms with van der Waals surface area (Å²) in [4.78, 5) is 17.3. The molecule has 0 unspecified atom stereocenters. The topological polar surface area (TPSA) is 53.4 Å². The Labute approximate surface area is 179 Å². The number of rotatable bonds is 8. The standard InChI is InChI=1S/C20H27F3N2O3SSi/c1-30(2,3)9-8-28-12-25-16(11-29-13-4-6-27-7-5-13)24-15-10-14(21)18(22)19(23)17(15)20(25)26/h10,13H,4-9,11-12H2,1-3H3. The van der Waals surface area contributed by atoms with Crippen molar-refractivity contribution in [3.63, 3.8) is 0 Å². The molecule has 1 aromatic carbocycles. The molecule has 1 aliphatic heterocycles. The van der Waals surface area contributed by atoms with Crippen molar-refractivity contribution >= 4 is 30.7 Å². The average molecular weight is 461 g/mol. The van der Waals surface area contributed by atoms with Crippen molar-refractivity contribution in [2.45, 2.75) is 56.3 Å². The van der Waals surface area contributed by atoms with Gasteiger partial charge in [-0.25, -0.2) is 18.2 Å². The molecule has 30 heavy (non-hydrogen) atoms. The van der Waals surface area contributed by atoms with Crippen molar-refractivity contribution in [1.82, 2.24) is 9.55 Å². The molecule has 0 aliphatic carbocycles. The normalized spacial score (nSPS) is 15.8. The Hall–Kier alpha value is -1.36. The Morgan fingerprint density at radius 3 is 2.60 bits per heavy atom. The van der Waals surface area contributed by atoms with E-state index in [1.165, 1.54) is 4.57 Å². The van der Waals surface area contributed by atoms with Gasteiger partial charge in [-0.2, -0.15) is 11.8 Å². The molecule has 1 aromatic heterocycles. The van der Waals surface area contributed by atoms with Crippen LogP contribution in [0.15, 0.2) is 10.9 Å². The van der Waals surface area contributed by atoms with E-state index < -0.39 is 36.5 Å². The molecule has 0 amide bonds. The summed E-state index contributed by atoms with van der Waals surface area (Å²) in [6.45, 7) is 8.37. The van der Waals surface area contributed by atoms with Gasteiger partial charge in [0, 0.05) is 39.2 Å². The molecule has 1 aliphatic rings. The number of hydrogen-bond donors (Lipinski definition) is 0. The zero-order valence-corrected chi connectivity index (χ0v) is 19.3. The lowest BCUT2D eigenvalue weighted by Gasteiger charge is -2.22. The van der Waals surface area contributed by atoms with E-state index in [9.17, 15) is 18.0 Å². The Morgan fingerprint density at radius 1 is 1.23 bits per heavy atom. The molecular weight excluding hydrogens is 433 g/mol. The lowest BCUT2D eigenvalue weighted by molar-refractivity contribution is 0.0826. The number of halogens is 3. The van der Waals surface area contributed by atoms with Crippen molar-refractivity contribution in [3.8, 4) is 0 Å². The molecule has 1 fully saturated rings. The van der Waals surface area contributed by atoms with Gasteiger partial charge in [-0.05, 0) is 18.9 Å². The van der Waals surface area contributed by atoms with Crippen LogP contribution in [0.5, 0.6) is 0 Å². The second-order valence-corrected chi connectivity index (χ2v) is 15.5. The van der Waals surface area contributed by atoms with E-state index in [0.29, 0.717) is 36.6 Å². The Kier molecular flexibility index (Phi) is 7.64. The van der Waals surface area contributed by atoms with Gasteiger partial charge in [-0.15, -0.1) is 0 Å². The molecule has 0 atom stereocenters. The first-order valence-corrected chi connectivity index (χ1v) is 14.8. The molecule has 1 saturated heterocycles. The SMILES string of the molecule is C[Si](C)(C)CCOCn1c(CSC2CCOCC2)nc2cc(F)c(F)c(F)c2c1=O. The molecule has 10 heteroatoms. The minimum atomic E-state index is -1.67. The number of hydrogen-bond acceptors (Lipinski definition) is 5. The van der Waals surface area contributed by atoms with Crippen LogP contribution >= 0.6 is 11.8 Å². The van der Waals surface area contributed by atoms with Crippen LogP contribution in [0.1, 0.15) is 18.7 Å². The van der Waals surface area contributed by atoms with Gasteiger partial charge in [0.1, 0.15) is 17.9 Å². The summed E-state index contributed by atoms with van der Waals surface area (Å²) in [5.74, 6) is -3.80. The molecule has 5 nitrogen and oxygen atoms in total. The second-order valence-electron chi connectivity index (χ2n) is 8.61. The minimum Gasteiger partial charge on any atom is -0.381 e. The van der Waals surface area contributed by atoms with E-state index in [2.05, 4.69) is 24.6 Å². The maximum Gasteiger partial charge on any atom is 0.266 e. The van der Waals surface area contributed by atoms with Gasteiger partial charge < -0.3 is 9.47 Å². The molecule has 0 spiro atoms. The lowest BCUT2D eigenvalue weighted by Crippen LogP contribution is -2.29. The summed E-state index contributed by atoms with van der Waals surface area (Å²) in [5, 5.41) is -0.197. The first-order chi connectivity index (χ1) is 14.2. The fraction of sp³-hybridized carbons (Fsp3) is 0.600.